The van der Waals surface area contributed by atoms with Gasteiger partial charge in [0, 0.05) is 4.75 Å². The first-order valence-electron chi connectivity index (χ1n) is 9.13. The first-order valence-corrected chi connectivity index (χ1v) is 10.5. The van der Waals surface area contributed by atoms with Gasteiger partial charge in [-0.1, -0.05) is 17.7 Å². The molecule has 0 saturated heterocycles. The Balaban J connectivity index is 1.39. The van der Waals surface area contributed by atoms with Crippen LogP contribution in [0.15, 0.2) is 12.1 Å². The molecule has 4 fully saturated rings. The van der Waals surface area contributed by atoms with Gasteiger partial charge in [-0.3, -0.25) is 4.79 Å². The van der Waals surface area contributed by atoms with Gasteiger partial charge in [-0.25, -0.2) is 0 Å². The van der Waals surface area contributed by atoms with Crippen molar-refractivity contribution in [3.05, 3.63) is 28.3 Å². The number of benzene rings is 1. The maximum atomic E-state index is 12.5. The number of carbonyl (C=O) groups is 1. The molecule has 0 spiro atoms. The molecule has 130 valence electrons. The molecule has 4 bridgehead atoms. The van der Waals surface area contributed by atoms with Crippen molar-refractivity contribution in [3.63, 3.8) is 0 Å². The normalized spacial score (nSPS) is 33.7. The Hall–Kier alpha value is -0.670. The number of halogens is 1. The van der Waals surface area contributed by atoms with Crippen LogP contribution in [-0.4, -0.2) is 16.4 Å². The second kappa shape index (κ2) is 6.25. The molecule has 1 amide bonds. The molecule has 4 heteroatoms. The summed E-state index contributed by atoms with van der Waals surface area (Å²) in [6.07, 6.45) is 8.35. The largest absolute Gasteiger partial charge is 0.324 e. The van der Waals surface area contributed by atoms with E-state index in [9.17, 15) is 4.79 Å². The summed E-state index contributed by atoms with van der Waals surface area (Å²) in [5, 5.41) is 3.69. The lowest BCUT2D eigenvalue weighted by molar-refractivity contribution is -0.113. The number of rotatable bonds is 4. The van der Waals surface area contributed by atoms with E-state index in [2.05, 4.69) is 11.4 Å². The number of amides is 1. The molecular formula is C20H26ClNOS. The van der Waals surface area contributed by atoms with Crippen molar-refractivity contribution in [2.45, 2.75) is 57.1 Å². The molecule has 0 radical (unpaired) electrons. The summed E-state index contributed by atoms with van der Waals surface area (Å²) in [7, 11) is 0. The highest BCUT2D eigenvalue weighted by Gasteiger charge is 2.51. The number of carbonyl (C=O) groups excluding carboxylic acids is 1. The highest BCUT2D eigenvalue weighted by Crippen LogP contribution is 2.60. The molecule has 0 aliphatic heterocycles. The van der Waals surface area contributed by atoms with E-state index < -0.39 is 0 Å². The maximum Gasteiger partial charge on any atom is 0.234 e. The molecular weight excluding hydrogens is 338 g/mol. The van der Waals surface area contributed by atoms with Crippen molar-refractivity contribution in [2.24, 2.45) is 17.8 Å². The van der Waals surface area contributed by atoms with Crippen LogP contribution in [0.2, 0.25) is 5.02 Å². The average molecular weight is 364 g/mol. The van der Waals surface area contributed by atoms with Gasteiger partial charge in [0.25, 0.3) is 0 Å². The summed E-state index contributed by atoms with van der Waals surface area (Å²) in [5.41, 5.74) is 2.94. The van der Waals surface area contributed by atoms with Gasteiger partial charge in [-0.2, -0.15) is 0 Å². The van der Waals surface area contributed by atoms with Crippen molar-refractivity contribution in [1.29, 1.82) is 0 Å². The summed E-state index contributed by atoms with van der Waals surface area (Å²) < 4.78 is 0.387. The third kappa shape index (κ3) is 3.22. The predicted octanol–water partition coefficient (Wildman–Crippen LogP) is 5.60. The van der Waals surface area contributed by atoms with Gasteiger partial charge < -0.3 is 5.32 Å². The zero-order valence-electron chi connectivity index (χ0n) is 14.5. The van der Waals surface area contributed by atoms with E-state index in [0.29, 0.717) is 15.5 Å². The lowest BCUT2D eigenvalue weighted by atomic mass is 9.56. The molecule has 4 aliphatic rings. The highest BCUT2D eigenvalue weighted by atomic mass is 35.5. The van der Waals surface area contributed by atoms with Gasteiger partial charge in [0.15, 0.2) is 0 Å². The molecule has 24 heavy (non-hydrogen) atoms. The van der Waals surface area contributed by atoms with E-state index >= 15 is 0 Å². The van der Waals surface area contributed by atoms with Gasteiger partial charge >= 0.3 is 0 Å². The zero-order chi connectivity index (χ0) is 16.9. The molecule has 0 aromatic heterocycles. The highest BCUT2D eigenvalue weighted by molar-refractivity contribution is 8.01. The summed E-state index contributed by atoms with van der Waals surface area (Å²) >= 11 is 8.24. The van der Waals surface area contributed by atoms with Crippen molar-refractivity contribution in [3.8, 4) is 0 Å². The summed E-state index contributed by atoms with van der Waals surface area (Å²) in [6, 6.07) is 3.98. The van der Waals surface area contributed by atoms with Crippen molar-refractivity contribution in [1.82, 2.24) is 0 Å². The van der Waals surface area contributed by atoms with E-state index in [1.807, 2.05) is 31.7 Å². The summed E-state index contributed by atoms with van der Waals surface area (Å²) in [5.74, 6) is 3.43. The molecule has 4 aliphatic carbocycles. The van der Waals surface area contributed by atoms with Gasteiger partial charge in [-0.15, -0.1) is 11.8 Å². The average Bonchev–Trinajstić information content (AvgIpc) is 2.47. The standard InChI is InChI=1S/C20H26ClNOS/c1-12-3-13(2)19(17(21)4-12)22-18(23)11-24-20-8-14-5-15(9-20)7-16(6-14)10-20/h3-4,14-16H,5-11H2,1-2H3,(H,22,23). The van der Waals surface area contributed by atoms with E-state index in [1.165, 1.54) is 38.5 Å². The van der Waals surface area contributed by atoms with E-state index in [0.717, 1.165) is 34.6 Å². The van der Waals surface area contributed by atoms with Crippen LogP contribution in [0, 0.1) is 31.6 Å². The monoisotopic (exact) mass is 363 g/mol. The topological polar surface area (TPSA) is 29.1 Å². The number of aryl methyl sites for hydroxylation is 2. The minimum absolute atomic E-state index is 0.0876. The van der Waals surface area contributed by atoms with Gasteiger partial charge in [0.2, 0.25) is 5.91 Å². The SMILES string of the molecule is Cc1cc(C)c(NC(=O)CSC23CC4CC(CC(C4)C2)C3)c(Cl)c1. The molecule has 4 saturated carbocycles. The fourth-order valence-corrected chi connectivity index (χ4v) is 7.61. The second-order valence-corrected chi connectivity index (χ2v) is 10.2. The molecule has 1 N–H and O–H groups in total. The van der Waals surface area contributed by atoms with Crippen molar-refractivity contribution < 1.29 is 4.79 Å². The van der Waals surface area contributed by atoms with Gasteiger partial charge in [0.05, 0.1) is 16.5 Å². The van der Waals surface area contributed by atoms with Crippen molar-refractivity contribution >= 4 is 35.0 Å². The molecule has 0 unspecified atom stereocenters. The quantitative estimate of drug-likeness (QED) is 0.754. The Kier molecular flexibility index (Phi) is 4.37. The molecule has 5 rings (SSSR count). The third-order valence-corrected chi connectivity index (χ3v) is 8.00. The lowest BCUT2D eigenvalue weighted by Gasteiger charge is -2.56. The van der Waals surface area contributed by atoms with E-state index in [4.69, 9.17) is 11.6 Å². The lowest BCUT2D eigenvalue weighted by Crippen LogP contribution is -2.49. The Labute approximate surface area is 154 Å². The number of hydrogen-bond acceptors (Lipinski definition) is 2. The van der Waals surface area contributed by atoms with Crippen LogP contribution in [0.3, 0.4) is 0 Å². The Morgan fingerprint density at radius 1 is 1.17 bits per heavy atom. The summed E-state index contributed by atoms with van der Waals surface area (Å²) in [6.45, 7) is 4.02. The van der Waals surface area contributed by atoms with Crippen LogP contribution in [0.5, 0.6) is 0 Å². The molecule has 0 atom stereocenters. The van der Waals surface area contributed by atoms with Crippen LogP contribution in [0.25, 0.3) is 0 Å². The van der Waals surface area contributed by atoms with Crippen LogP contribution in [-0.2, 0) is 4.79 Å². The van der Waals surface area contributed by atoms with Gasteiger partial charge in [-0.05, 0) is 87.3 Å². The fourth-order valence-electron chi connectivity index (χ4n) is 5.68. The summed E-state index contributed by atoms with van der Waals surface area (Å²) in [4.78, 5) is 12.5. The smallest absolute Gasteiger partial charge is 0.234 e. The molecule has 0 heterocycles. The van der Waals surface area contributed by atoms with Gasteiger partial charge in [0.1, 0.15) is 0 Å². The zero-order valence-corrected chi connectivity index (χ0v) is 16.1. The Morgan fingerprint density at radius 3 is 2.29 bits per heavy atom. The minimum atomic E-state index is 0.0876. The number of hydrogen-bond donors (Lipinski definition) is 1. The van der Waals surface area contributed by atoms with Crippen LogP contribution in [0.4, 0.5) is 5.69 Å². The predicted molar refractivity (Wildman–Crippen MR) is 103 cm³/mol. The first-order chi connectivity index (χ1) is 11.4. The number of anilines is 1. The Bertz CT molecular complexity index is 613. The van der Waals surface area contributed by atoms with Crippen LogP contribution >= 0.6 is 23.4 Å². The van der Waals surface area contributed by atoms with Crippen LogP contribution < -0.4 is 5.32 Å². The molecule has 1 aromatic carbocycles. The number of thioether (sulfide) groups is 1. The van der Waals surface area contributed by atoms with Crippen molar-refractivity contribution in [2.75, 3.05) is 11.1 Å². The second-order valence-electron chi connectivity index (χ2n) is 8.38. The molecule has 1 aromatic rings. The molecule has 2 nitrogen and oxygen atoms in total. The van der Waals surface area contributed by atoms with E-state index in [-0.39, 0.29) is 5.91 Å². The number of nitrogens with one attached hydrogen (secondary N) is 1. The first kappa shape index (κ1) is 16.8. The maximum absolute atomic E-state index is 12.5. The van der Waals surface area contributed by atoms with Crippen LogP contribution in [0.1, 0.15) is 49.7 Å². The Morgan fingerprint density at radius 2 is 1.75 bits per heavy atom. The minimum Gasteiger partial charge on any atom is -0.324 e. The van der Waals surface area contributed by atoms with E-state index in [1.54, 1.807) is 0 Å². The third-order valence-electron chi connectivity index (χ3n) is 6.19. The fraction of sp³-hybridized carbons (Fsp3) is 0.650.